The molecule has 0 aromatic rings. The summed E-state index contributed by atoms with van der Waals surface area (Å²) in [4.78, 5) is 72.8. The van der Waals surface area contributed by atoms with Gasteiger partial charge in [-0.05, 0) is 69.1 Å². The molecule has 0 aromatic heterocycles. The molecule has 17 nitrogen and oxygen atoms in total. The first kappa shape index (κ1) is 92.5. The van der Waals surface area contributed by atoms with Crippen molar-refractivity contribution >= 4 is 39.5 Å². The third-order valence-corrected chi connectivity index (χ3v) is 19.6. The predicted octanol–water partition coefficient (Wildman–Crippen LogP) is 21.7. The minimum absolute atomic E-state index is 0.0848. The lowest BCUT2D eigenvalue weighted by molar-refractivity contribution is -0.161. The van der Waals surface area contributed by atoms with E-state index in [1.165, 1.54) is 154 Å². The van der Waals surface area contributed by atoms with Crippen LogP contribution in [-0.2, 0) is 65.4 Å². The molecule has 5 unspecified atom stereocenters. The number of ether oxygens (including phenoxy) is 4. The van der Waals surface area contributed by atoms with E-state index < -0.39 is 97.5 Å². The van der Waals surface area contributed by atoms with Crippen LogP contribution in [0.2, 0.25) is 0 Å². The van der Waals surface area contributed by atoms with E-state index in [0.717, 1.165) is 121 Å². The molecule has 0 saturated carbocycles. The third kappa shape index (κ3) is 67.2. The number of unbranched alkanes of at least 4 members (excludes halogenated alkanes) is 35. The van der Waals surface area contributed by atoms with Crippen LogP contribution in [0.5, 0.6) is 0 Å². The molecule has 0 radical (unpaired) electrons. The van der Waals surface area contributed by atoms with Gasteiger partial charge in [0.15, 0.2) is 12.2 Å². The van der Waals surface area contributed by atoms with Gasteiger partial charge in [0.05, 0.1) is 26.4 Å². The van der Waals surface area contributed by atoms with Gasteiger partial charge in [0.25, 0.3) is 0 Å². The van der Waals surface area contributed by atoms with Gasteiger partial charge in [-0.1, -0.05) is 310 Å². The SMILES string of the molecule is CCCCCC/C=C\C=C/CCCCCCCC(=O)O[C@H](COC(=O)CCCCCCCCCCCCCCCCC(C)CC)COP(=O)(O)OCC(O)COP(=O)(O)OC[C@@H](COC(=O)CCCCCCCCCC(C)C)OC(=O)CCCCCCCCCCC(C)CC. The van der Waals surface area contributed by atoms with Crippen molar-refractivity contribution < 1.29 is 80.2 Å². The van der Waals surface area contributed by atoms with Crippen LogP contribution in [0.3, 0.4) is 0 Å². The van der Waals surface area contributed by atoms with Gasteiger partial charge in [-0.3, -0.25) is 37.3 Å². The average Bonchev–Trinajstić information content (AvgIpc) is 3.22. The normalized spacial score (nSPS) is 14.8. The number of carbonyl (C=O) groups is 4. The molecule has 0 bridgehead atoms. The minimum atomic E-state index is -4.97. The number of phosphoric acid groups is 2. The first-order chi connectivity index (χ1) is 45.8. The lowest BCUT2D eigenvalue weighted by Crippen LogP contribution is -2.30. The summed E-state index contributed by atoms with van der Waals surface area (Å²) < 4.78 is 68.4. The van der Waals surface area contributed by atoms with Crippen LogP contribution in [0.4, 0.5) is 0 Å². The summed E-state index contributed by atoms with van der Waals surface area (Å²) in [5, 5.41) is 10.6. The second kappa shape index (κ2) is 66.1. The highest BCUT2D eigenvalue weighted by Crippen LogP contribution is 2.45. The first-order valence-electron chi connectivity index (χ1n) is 38.7. The summed E-state index contributed by atoms with van der Waals surface area (Å²) in [6.07, 6.45) is 54.9. The maximum Gasteiger partial charge on any atom is 0.472 e. The summed E-state index contributed by atoms with van der Waals surface area (Å²) in [6, 6.07) is 0. The maximum absolute atomic E-state index is 13.1. The van der Waals surface area contributed by atoms with E-state index >= 15 is 0 Å². The van der Waals surface area contributed by atoms with Gasteiger partial charge in [0, 0.05) is 25.7 Å². The number of hydrogen-bond acceptors (Lipinski definition) is 15. The van der Waals surface area contributed by atoms with Crippen molar-refractivity contribution in [1.82, 2.24) is 0 Å². The van der Waals surface area contributed by atoms with E-state index in [-0.39, 0.29) is 25.7 Å². The number of carbonyl (C=O) groups excluding carboxylic acids is 4. The van der Waals surface area contributed by atoms with Crippen molar-refractivity contribution in [2.24, 2.45) is 17.8 Å². The Morgan fingerprint density at radius 3 is 0.937 bits per heavy atom. The summed E-state index contributed by atoms with van der Waals surface area (Å²) in [6.45, 7) is 11.8. The molecule has 0 rings (SSSR count). The first-order valence-corrected chi connectivity index (χ1v) is 41.7. The van der Waals surface area contributed by atoms with E-state index in [4.69, 9.17) is 37.0 Å². The van der Waals surface area contributed by atoms with Gasteiger partial charge < -0.3 is 33.8 Å². The lowest BCUT2D eigenvalue weighted by Gasteiger charge is -2.21. The maximum atomic E-state index is 13.1. The number of esters is 4. The van der Waals surface area contributed by atoms with Crippen LogP contribution in [0, 0.1) is 17.8 Å². The quantitative estimate of drug-likeness (QED) is 0.0169. The molecule has 0 amide bonds. The number of aliphatic hydroxyl groups excluding tert-OH is 1. The number of hydrogen-bond donors (Lipinski definition) is 3. The molecule has 0 fully saturated rings. The Kier molecular flexibility index (Phi) is 64.4. The van der Waals surface area contributed by atoms with Crippen molar-refractivity contribution in [2.75, 3.05) is 39.6 Å². The minimum Gasteiger partial charge on any atom is -0.462 e. The Balaban J connectivity index is 5.28. The summed E-state index contributed by atoms with van der Waals surface area (Å²) in [7, 11) is -9.92. The lowest BCUT2D eigenvalue weighted by atomic mass is 9.99. The van der Waals surface area contributed by atoms with Crippen LogP contribution in [-0.4, -0.2) is 96.7 Å². The van der Waals surface area contributed by atoms with Gasteiger partial charge in [-0.2, -0.15) is 0 Å². The molecule has 0 aromatic carbocycles. The monoisotopic (exact) mass is 1390 g/mol. The highest BCUT2D eigenvalue weighted by Gasteiger charge is 2.30. The van der Waals surface area contributed by atoms with Crippen LogP contribution < -0.4 is 0 Å². The molecular weight excluding hydrogens is 1250 g/mol. The Labute approximate surface area is 580 Å². The fraction of sp³-hybridized carbons (Fsp3) is 0.895. The number of allylic oxidation sites excluding steroid dienone is 4. The smallest absolute Gasteiger partial charge is 0.462 e. The van der Waals surface area contributed by atoms with Crippen LogP contribution in [0.15, 0.2) is 24.3 Å². The standard InChI is InChI=1S/C76H144O17P2/c1-8-11-12-13-14-15-16-17-18-23-26-29-37-45-52-59-75(80)92-71(63-86-73(78)57-50-43-36-28-25-22-20-19-21-24-27-34-41-48-55-68(6)9-2)65-90-94(82,83)88-61-70(77)62-89-95(84,85)91-66-72(64-87-74(79)58-51-44-39-32-33-40-47-54-67(4)5)93-76(81)60-53-46-38-31-30-35-42-49-56-69(7)10-3/h15-18,67-72,77H,8-14,19-66H2,1-7H3,(H,82,83)(H,84,85)/b16-15-,18-17-/t68?,69?,70?,71-,72-/m1/s1. The molecule has 560 valence electrons. The molecule has 0 aliphatic heterocycles. The summed E-state index contributed by atoms with van der Waals surface area (Å²) in [5.74, 6) is 0.168. The fourth-order valence-electron chi connectivity index (χ4n) is 11.0. The van der Waals surface area contributed by atoms with Gasteiger partial charge in [-0.15, -0.1) is 0 Å². The molecule has 0 saturated heterocycles. The Hall–Kier alpha value is -2.46. The molecule has 19 heteroatoms. The second-order valence-corrected chi connectivity index (χ2v) is 30.6. The van der Waals surface area contributed by atoms with E-state index in [1.807, 2.05) is 0 Å². The zero-order valence-electron chi connectivity index (χ0n) is 61.6. The van der Waals surface area contributed by atoms with Gasteiger partial charge in [0.2, 0.25) is 0 Å². The van der Waals surface area contributed by atoms with Crippen molar-refractivity contribution in [3.63, 3.8) is 0 Å². The molecule has 7 atom stereocenters. The largest absolute Gasteiger partial charge is 0.472 e. The van der Waals surface area contributed by atoms with Gasteiger partial charge in [0.1, 0.15) is 19.3 Å². The molecule has 0 spiro atoms. The van der Waals surface area contributed by atoms with Crippen LogP contribution >= 0.6 is 15.6 Å². The highest BCUT2D eigenvalue weighted by atomic mass is 31.2. The molecule has 3 N–H and O–H groups in total. The molecule has 0 heterocycles. The molecule has 0 aliphatic carbocycles. The summed E-state index contributed by atoms with van der Waals surface area (Å²) >= 11 is 0. The van der Waals surface area contributed by atoms with Gasteiger partial charge >= 0.3 is 39.5 Å². The van der Waals surface area contributed by atoms with Gasteiger partial charge in [-0.25, -0.2) is 9.13 Å². The number of rotatable bonds is 72. The average molecular weight is 1390 g/mol. The number of aliphatic hydroxyl groups is 1. The zero-order valence-corrected chi connectivity index (χ0v) is 63.4. The molecule has 95 heavy (non-hydrogen) atoms. The van der Waals surface area contributed by atoms with Crippen molar-refractivity contribution in [3.8, 4) is 0 Å². The number of phosphoric ester groups is 2. The van der Waals surface area contributed by atoms with E-state index in [9.17, 15) is 43.2 Å². The Morgan fingerprint density at radius 2 is 0.621 bits per heavy atom. The fourth-order valence-corrected chi connectivity index (χ4v) is 12.6. The highest BCUT2D eigenvalue weighted by molar-refractivity contribution is 7.47. The van der Waals surface area contributed by atoms with Crippen molar-refractivity contribution in [1.29, 1.82) is 0 Å². The third-order valence-electron chi connectivity index (χ3n) is 17.7. The summed E-state index contributed by atoms with van der Waals surface area (Å²) in [5.41, 5.74) is 0. The second-order valence-electron chi connectivity index (χ2n) is 27.7. The zero-order chi connectivity index (χ0) is 70.1. The topological polar surface area (TPSA) is 237 Å². The Bertz CT molecular complexity index is 1950. The van der Waals surface area contributed by atoms with Crippen molar-refractivity contribution in [3.05, 3.63) is 24.3 Å². The molecular formula is C76H144O17P2. The predicted molar refractivity (Wildman–Crippen MR) is 386 cm³/mol. The van der Waals surface area contributed by atoms with E-state index in [1.54, 1.807) is 0 Å². The Morgan fingerprint density at radius 1 is 0.347 bits per heavy atom. The van der Waals surface area contributed by atoms with Crippen LogP contribution in [0.25, 0.3) is 0 Å². The van der Waals surface area contributed by atoms with E-state index in [2.05, 4.69) is 72.8 Å². The molecule has 0 aliphatic rings. The van der Waals surface area contributed by atoms with Crippen molar-refractivity contribution in [2.45, 2.75) is 381 Å². The van der Waals surface area contributed by atoms with Crippen LogP contribution in [0.1, 0.15) is 363 Å². The van der Waals surface area contributed by atoms with E-state index in [0.29, 0.717) is 31.6 Å².